The summed E-state index contributed by atoms with van der Waals surface area (Å²) >= 11 is 0. The van der Waals surface area contributed by atoms with Crippen LogP contribution in [0.1, 0.15) is 27.2 Å². The zero-order chi connectivity index (χ0) is 15.1. The second-order valence-electron chi connectivity index (χ2n) is 4.78. The van der Waals surface area contributed by atoms with Crippen molar-refractivity contribution in [1.29, 1.82) is 5.26 Å². The number of furan rings is 1. The summed E-state index contributed by atoms with van der Waals surface area (Å²) in [5, 5.41) is 13.6. The van der Waals surface area contributed by atoms with Gasteiger partial charge >= 0.3 is 5.91 Å². The van der Waals surface area contributed by atoms with Gasteiger partial charge in [0.25, 0.3) is 0 Å². The number of nitrogens with zero attached hydrogens (tertiary/aromatic N) is 3. The van der Waals surface area contributed by atoms with Gasteiger partial charge < -0.3 is 10.2 Å². The number of hydrogen-bond donors (Lipinski definition) is 1. The number of aryl methyl sites for hydroxylation is 2. The van der Waals surface area contributed by atoms with Gasteiger partial charge in [0.2, 0.25) is 0 Å². The van der Waals surface area contributed by atoms with E-state index in [9.17, 15) is 4.79 Å². The fourth-order valence-electron chi connectivity index (χ4n) is 2.29. The minimum absolute atomic E-state index is 0.0130. The number of rotatable bonds is 1. The van der Waals surface area contributed by atoms with Crippen LogP contribution in [-0.4, -0.2) is 15.7 Å². The van der Waals surface area contributed by atoms with E-state index in [2.05, 4.69) is 5.10 Å². The highest BCUT2D eigenvalue weighted by Crippen LogP contribution is 2.28. The van der Waals surface area contributed by atoms with Gasteiger partial charge in [-0.05, 0) is 19.4 Å². The van der Waals surface area contributed by atoms with Crippen LogP contribution in [0.3, 0.4) is 0 Å². The van der Waals surface area contributed by atoms with Crippen molar-refractivity contribution < 1.29 is 9.21 Å². The Balaban J connectivity index is 2.18. The van der Waals surface area contributed by atoms with E-state index in [1.807, 2.05) is 38.1 Å². The first-order valence-corrected chi connectivity index (χ1v) is 6.31. The number of carbonyl (C=O) groups is 1. The lowest BCUT2D eigenvalue weighted by atomic mass is 10.1. The van der Waals surface area contributed by atoms with Crippen molar-refractivity contribution in [2.75, 3.05) is 5.73 Å². The monoisotopic (exact) mass is 280 g/mol. The maximum absolute atomic E-state index is 12.5. The lowest BCUT2D eigenvalue weighted by Crippen LogP contribution is -2.16. The minimum Gasteiger partial charge on any atom is -0.450 e. The predicted molar refractivity (Wildman–Crippen MR) is 76.8 cm³/mol. The number of benzene rings is 1. The summed E-state index contributed by atoms with van der Waals surface area (Å²) in [5.41, 5.74) is 8.25. The molecule has 2 heterocycles. The van der Waals surface area contributed by atoms with Crippen LogP contribution in [0.25, 0.3) is 11.0 Å². The van der Waals surface area contributed by atoms with Gasteiger partial charge in [-0.15, -0.1) is 0 Å². The average Bonchev–Trinajstić information content (AvgIpc) is 3.01. The number of hydrogen-bond acceptors (Lipinski definition) is 5. The molecule has 0 aliphatic carbocycles. The summed E-state index contributed by atoms with van der Waals surface area (Å²) < 4.78 is 6.68. The number of nitrogens with two attached hydrogens (primary N) is 1. The Labute approximate surface area is 120 Å². The van der Waals surface area contributed by atoms with E-state index in [-0.39, 0.29) is 17.1 Å². The highest BCUT2D eigenvalue weighted by Gasteiger charge is 2.23. The number of aromatic nitrogens is 2. The van der Waals surface area contributed by atoms with Gasteiger partial charge in [0.1, 0.15) is 23.0 Å². The molecule has 2 N–H and O–H groups in total. The highest BCUT2D eigenvalue weighted by atomic mass is 16.3. The maximum atomic E-state index is 12.5. The fraction of sp³-hybridized carbons (Fsp3) is 0.133. The molecule has 21 heavy (non-hydrogen) atoms. The van der Waals surface area contributed by atoms with Gasteiger partial charge in [0.15, 0.2) is 5.76 Å². The Morgan fingerprint density at radius 2 is 2.19 bits per heavy atom. The van der Waals surface area contributed by atoms with E-state index in [4.69, 9.17) is 15.4 Å². The molecule has 6 heteroatoms. The molecular formula is C15H12N4O2. The third kappa shape index (κ3) is 1.79. The van der Waals surface area contributed by atoms with Gasteiger partial charge in [-0.25, -0.2) is 0 Å². The lowest BCUT2D eigenvalue weighted by molar-refractivity contribution is 0.0921. The van der Waals surface area contributed by atoms with E-state index in [0.717, 1.165) is 21.2 Å². The van der Waals surface area contributed by atoms with Gasteiger partial charge in [0, 0.05) is 10.9 Å². The fourth-order valence-corrected chi connectivity index (χ4v) is 2.29. The average molecular weight is 280 g/mol. The summed E-state index contributed by atoms with van der Waals surface area (Å²) in [4.78, 5) is 12.5. The molecule has 3 aromatic rings. The molecule has 0 bridgehead atoms. The van der Waals surface area contributed by atoms with E-state index in [0.29, 0.717) is 5.58 Å². The first kappa shape index (κ1) is 12.9. The van der Waals surface area contributed by atoms with Crippen molar-refractivity contribution in [2.45, 2.75) is 13.8 Å². The van der Waals surface area contributed by atoms with Crippen LogP contribution >= 0.6 is 0 Å². The number of fused-ring (bicyclic) bond motifs is 1. The molecule has 0 spiro atoms. The zero-order valence-corrected chi connectivity index (χ0v) is 11.5. The second kappa shape index (κ2) is 4.49. The number of nitrogen functional groups attached to an aromatic ring is 1. The molecular weight excluding hydrogens is 268 g/mol. The van der Waals surface area contributed by atoms with E-state index >= 15 is 0 Å². The Morgan fingerprint density at radius 1 is 1.43 bits per heavy atom. The quantitative estimate of drug-likeness (QED) is 0.738. The normalized spacial score (nSPS) is 10.7. The van der Waals surface area contributed by atoms with Crippen LogP contribution in [0.5, 0.6) is 0 Å². The Morgan fingerprint density at radius 3 is 2.81 bits per heavy atom. The molecule has 0 fully saturated rings. The first-order chi connectivity index (χ1) is 10.0. The van der Waals surface area contributed by atoms with Crippen molar-refractivity contribution in [3.05, 3.63) is 46.8 Å². The second-order valence-corrected chi connectivity index (χ2v) is 4.78. The molecule has 6 nitrogen and oxygen atoms in total. The first-order valence-electron chi connectivity index (χ1n) is 6.31. The van der Waals surface area contributed by atoms with Crippen LogP contribution in [0.15, 0.2) is 28.8 Å². The number of nitriles is 1. The van der Waals surface area contributed by atoms with Crippen LogP contribution in [-0.2, 0) is 0 Å². The van der Waals surface area contributed by atoms with Gasteiger partial charge in [0.05, 0.1) is 6.20 Å². The minimum atomic E-state index is -0.484. The van der Waals surface area contributed by atoms with Crippen molar-refractivity contribution in [1.82, 2.24) is 9.78 Å². The molecule has 1 aromatic carbocycles. The molecule has 0 aliphatic rings. The summed E-state index contributed by atoms with van der Waals surface area (Å²) in [6.45, 7) is 3.72. The summed E-state index contributed by atoms with van der Waals surface area (Å²) in [7, 11) is 0. The zero-order valence-electron chi connectivity index (χ0n) is 11.5. The molecule has 0 aliphatic heterocycles. The largest absolute Gasteiger partial charge is 0.450 e. The molecule has 0 radical (unpaired) electrons. The molecule has 0 amide bonds. The smallest absolute Gasteiger partial charge is 0.316 e. The van der Waals surface area contributed by atoms with Crippen molar-refractivity contribution in [2.24, 2.45) is 0 Å². The van der Waals surface area contributed by atoms with Crippen molar-refractivity contribution in [3.63, 3.8) is 0 Å². The highest BCUT2D eigenvalue weighted by molar-refractivity contribution is 6.01. The van der Waals surface area contributed by atoms with Crippen molar-refractivity contribution in [3.8, 4) is 6.07 Å². The van der Waals surface area contributed by atoms with Crippen LogP contribution in [0.2, 0.25) is 0 Å². The Bertz CT molecular complexity index is 912. The maximum Gasteiger partial charge on any atom is 0.316 e. The SMILES string of the molecule is Cc1c(C(=O)n2ncc(C#N)c2N)oc2c(C)cccc12. The molecule has 104 valence electrons. The molecule has 3 rings (SSSR count). The number of para-hydroxylation sites is 1. The number of carbonyl (C=O) groups excluding carboxylic acids is 1. The standard InChI is InChI=1S/C15H12N4O2/c1-8-4-3-5-11-9(2)13(21-12(8)11)15(20)19-14(17)10(6-16)7-18-19/h3-5,7H,17H2,1-2H3. The summed E-state index contributed by atoms with van der Waals surface area (Å²) in [6.07, 6.45) is 1.26. The van der Waals surface area contributed by atoms with Gasteiger partial charge in [-0.1, -0.05) is 18.2 Å². The van der Waals surface area contributed by atoms with Crippen LogP contribution in [0, 0.1) is 25.2 Å². The van der Waals surface area contributed by atoms with Crippen molar-refractivity contribution >= 4 is 22.7 Å². The third-order valence-electron chi connectivity index (χ3n) is 3.47. The lowest BCUT2D eigenvalue weighted by Gasteiger charge is -2.00. The predicted octanol–water partition coefficient (Wildman–Crippen LogP) is 2.39. The number of anilines is 1. The molecule has 0 saturated carbocycles. The molecule has 0 atom stereocenters. The van der Waals surface area contributed by atoms with E-state index < -0.39 is 5.91 Å². The van der Waals surface area contributed by atoms with E-state index in [1.165, 1.54) is 6.20 Å². The van der Waals surface area contributed by atoms with Crippen LogP contribution in [0.4, 0.5) is 5.82 Å². The Hall–Kier alpha value is -3.07. The molecule has 0 saturated heterocycles. The third-order valence-corrected chi connectivity index (χ3v) is 3.47. The van der Waals surface area contributed by atoms with Gasteiger partial charge in [-0.3, -0.25) is 4.79 Å². The van der Waals surface area contributed by atoms with E-state index in [1.54, 1.807) is 0 Å². The van der Waals surface area contributed by atoms with Crippen LogP contribution < -0.4 is 5.73 Å². The molecule has 2 aromatic heterocycles. The Kier molecular flexibility index (Phi) is 2.77. The molecule has 0 unspecified atom stereocenters. The topological polar surface area (TPSA) is 97.8 Å². The summed E-state index contributed by atoms with van der Waals surface area (Å²) in [5.74, 6) is -0.292. The summed E-state index contributed by atoms with van der Waals surface area (Å²) in [6, 6.07) is 7.59. The van der Waals surface area contributed by atoms with Gasteiger partial charge in [-0.2, -0.15) is 15.0 Å².